The van der Waals surface area contributed by atoms with Gasteiger partial charge < -0.3 is 10.0 Å². The summed E-state index contributed by atoms with van der Waals surface area (Å²) in [4.78, 5) is 14.9. The van der Waals surface area contributed by atoms with Crippen LogP contribution in [0.4, 0.5) is 0 Å². The molecule has 1 aliphatic rings. The Bertz CT molecular complexity index is 570. The van der Waals surface area contributed by atoms with E-state index < -0.39 is 0 Å². The number of likely N-dealkylation sites (tertiary alicyclic amines) is 1. The van der Waals surface area contributed by atoms with Gasteiger partial charge in [0, 0.05) is 18.2 Å². The van der Waals surface area contributed by atoms with E-state index in [0.717, 1.165) is 13.0 Å². The van der Waals surface area contributed by atoms with Crippen LogP contribution in [0.2, 0.25) is 0 Å². The Morgan fingerprint density at radius 2 is 2.05 bits per heavy atom. The zero-order chi connectivity index (χ0) is 15.4. The molecule has 1 N–H and O–H groups in total. The van der Waals surface area contributed by atoms with Crippen molar-refractivity contribution in [3.8, 4) is 11.8 Å². The minimum atomic E-state index is -0.198. The number of nitrogens with zero attached hydrogens (tertiary/aromatic N) is 1. The van der Waals surface area contributed by atoms with Crippen molar-refractivity contribution in [1.29, 1.82) is 0 Å². The van der Waals surface area contributed by atoms with Crippen molar-refractivity contribution in [2.75, 3.05) is 13.2 Å². The average Bonchev–Trinajstić information content (AvgIpc) is 2.48. The number of amides is 1. The number of hydrogen-bond donors (Lipinski definition) is 1. The lowest BCUT2D eigenvalue weighted by Crippen LogP contribution is -2.49. The van der Waals surface area contributed by atoms with E-state index in [2.05, 4.69) is 32.6 Å². The summed E-state index contributed by atoms with van der Waals surface area (Å²) >= 11 is 0. The number of aliphatic hydroxyl groups excluding tert-OH is 1. The molecule has 21 heavy (non-hydrogen) atoms. The molecule has 0 spiro atoms. The number of benzene rings is 1. The summed E-state index contributed by atoms with van der Waals surface area (Å²) in [6.45, 7) is 7.12. The molecule has 0 radical (unpaired) electrons. The molecule has 0 bridgehead atoms. The highest BCUT2D eigenvalue weighted by Crippen LogP contribution is 2.28. The molecule has 1 heterocycles. The molecule has 1 fully saturated rings. The maximum absolute atomic E-state index is 12.9. The molecule has 2 rings (SSSR count). The Morgan fingerprint density at radius 3 is 2.76 bits per heavy atom. The Kier molecular flexibility index (Phi) is 5.03. The van der Waals surface area contributed by atoms with Gasteiger partial charge in [-0.3, -0.25) is 4.79 Å². The Morgan fingerprint density at radius 1 is 1.33 bits per heavy atom. The number of carbonyl (C=O) groups excluding carboxylic acids is 1. The molecular weight excluding hydrogens is 262 g/mol. The maximum atomic E-state index is 12.9. The minimum absolute atomic E-state index is 0.0451. The van der Waals surface area contributed by atoms with Gasteiger partial charge in [0.25, 0.3) is 5.91 Å². The van der Waals surface area contributed by atoms with Gasteiger partial charge in [-0.2, -0.15) is 0 Å². The zero-order valence-corrected chi connectivity index (χ0v) is 13.0. The number of hydrogen-bond acceptors (Lipinski definition) is 2. The van der Waals surface area contributed by atoms with Gasteiger partial charge in [-0.15, -0.1) is 0 Å². The van der Waals surface area contributed by atoms with E-state index in [4.69, 9.17) is 5.11 Å². The van der Waals surface area contributed by atoms with Crippen LogP contribution in [0.3, 0.4) is 0 Å². The van der Waals surface area contributed by atoms with Gasteiger partial charge in [-0.1, -0.05) is 37.8 Å². The molecule has 3 heteroatoms. The third-order valence-corrected chi connectivity index (χ3v) is 4.32. The summed E-state index contributed by atoms with van der Waals surface area (Å²) in [5.74, 6) is 6.58. The van der Waals surface area contributed by atoms with Crippen LogP contribution < -0.4 is 0 Å². The fraction of sp³-hybridized carbons (Fsp3) is 0.500. The van der Waals surface area contributed by atoms with Gasteiger partial charge in [0.1, 0.15) is 6.61 Å². The fourth-order valence-electron chi connectivity index (χ4n) is 3.05. The summed E-state index contributed by atoms with van der Waals surface area (Å²) < 4.78 is 0. The van der Waals surface area contributed by atoms with E-state index in [9.17, 15) is 4.79 Å². The molecule has 1 amide bonds. The first-order valence-corrected chi connectivity index (χ1v) is 7.54. The Hall–Kier alpha value is -1.79. The summed E-state index contributed by atoms with van der Waals surface area (Å²) in [5.41, 5.74) is 1.32. The van der Waals surface area contributed by atoms with Crippen molar-refractivity contribution < 1.29 is 9.90 Å². The Balaban J connectivity index is 2.31. The van der Waals surface area contributed by atoms with E-state index in [-0.39, 0.29) is 18.6 Å². The second-order valence-electron chi connectivity index (χ2n) is 6.02. The van der Waals surface area contributed by atoms with Gasteiger partial charge in [-0.05, 0) is 37.3 Å². The van der Waals surface area contributed by atoms with Crippen LogP contribution in [0.5, 0.6) is 0 Å². The smallest absolute Gasteiger partial charge is 0.255 e. The SMILES string of the molecule is CC1CC(C)C(C)N(C(=O)c2ccccc2C#CCO)C1. The van der Waals surface area contributed by atoms with E-state index in [1.54, 1.807) is 0 Å². The highest BCUT2D eigenvalue weighted by molar-refractivity contribution is 5.97. The molecule has 3 atom stereocenters. The van der Waals surface area contributed by atoms with Gasteiger partial charge >= 0.3 is 0 Å². The standard InChI is InChI=1S/C18H23NO2/c1-13-11-14(2)15(3)19(12-13)18(21)17-9-5-4-7-16(17)8-6-10-20/h4-5,7,9,13-15,20H,10-12H2,1-3H3. The van der Waals surface area contributed by atoms with E-state index in [1.165, 1.54) is 0 Å². The van der Waals surface area contributed by atoms with Gasteiger partial charge in [-0.25, -0.2) is 0 Å². The van der Waals surface area contributed by atoms with Gasteiger partial charge in [0.05, 0.1) is 5.56 Å². The number of rotatable bonds is 1. The number of carbonyl (C=O) groups is 1. The normalized spacial score (nSPS) is 25.1. The topological polar surface area (TPSA) is 40.5 Å². The third kappa shape index (κ3) is 3.46. The molecule has 1 aromatic carbocycles. The minimum Gasteiger partial charge on any atom is -0.384 e. The summed E-state index contributed by atoms with van der Waals surface area (Å²) in [5, 5.41) is 8.85. The molecular formula is C18H23NO2. The predicted octanol–water partition coefficient (Wildman–Crippen LogP) is 2.54. The summed E-state index contributed by atoms with van der Waals surface area (Å²) in [7, 11) is 0. The fourth-order valence-corrected chi connectivity index (χ4v) is 3.05. The molecule has 0 aliphatic carbocycles. The zero-order valence-electron chi connectivity index (χ0n) is 13.0. The van der Waals surface area contributed by atoms with E-state index >= 15 is 0 Å². The van der Waals surface area contributed by atoms with Crippen molar-refractivity contribution in [3.63, 3.8) is 0 Å². The van der Waals surface area contributed by atoms with Crippen molar-refractivity contribution in [2.45, 2.75) is 33.2 Å². The lowest BCUT2D eigenvalue weighted by atomic mass is 9.85. The van der Waals surface area contributed by atoms with Crippen LogP contribution in [0.25, 0.3) is 0 Å². The van der Waals surface area contributed by atoms with Crippen molar-refractivity contribution in [1.82, 2.24) is 4.90 Å². The van der Waals surface area contributed by atoms with E-state index in [1.807, 2.05) is 29.2 Å². The monoisotopic (exact) mass is 285 g/mol. The van der Waals surface area contributed by atoms with Crippen LogP contribution >= 0.6 is 0 Å². The quantitative estimate of drug-likeness (QED) is 0.806. The average molecular weight is 285 g/mol. The highest BCUT2D eigenvalue weighted by atomic mass is 16.2. The molecule has 0 saturated carbocycles. The number of piperidine rings is 1. The predicted molar refractivity (Wildman–Crippen MR) is 83.8 cm³/mol. The molecule has 1 aliphatic heterocycles. The summed E-state index contributed by atoms with van der Waals surface area (Å²) in [6, 6.07) is 7.62. The van der Waals surface area contributed by atoms with Crippen LogP contribution in [-0.4, -0.2) is 35.1 Å². The lowest BCUT2D eigenvalue weighted by molar-refractivity contribution is 0.0455. The van der Waals surface area contributed by atoms with E-state index in [0.29, 0.717) is 23.0 Å². The van der Waals surface area contributed by atoms with Gasteiger partial charge in [0.15, 0.2) is 0 Å². The third-order valence-electron chi connectivity index (χ3n) is 4.32. The second kappa shape index (κ2) is 6.78. The van der Waals surface area contributed by atoms with Gasteiger partial charge in [0.2, 0.25) is 0 Å². The first-order valence-electron chi connectivity index (χ1n) is 7.54. The number of aliphatic hydroxyl groups is 1. The van der Waals surface area contributed by atoms with Crippen molar-refractivity contribution in [3.05, 3.63) is 35.4 Å². The highest BCUT2D eigenvalue weighted by Gasteiger charge is 2.32. The Labute approximate surface area is 127 Å². The second-order valence-corrected chi connectivity index (χ2v) is 6.02. The molecule has 1 aromatic rings. The largest absolute Gasteiger partial charge is 0.384 e. The molecule has 112 valence electrons. The van der Waals surface area contributed by atoms with Crippen LogP contribution in [-0.2, 0) is 0 Å². The van der Waals surface area contributed by atoms with Crippen molar-refractivity contribution in [2.24, 2.45) is 11.8 Å². The molecule has 1 saturated heterocycles. The molecule has 3 nitrogen and oxygen atoms in total. The summed E-state index contributed by atoms with van der Waals surface area (Å²) in [6.07, 6.45) is 1.16. The van der Waals surface area contributed by atoms with Crippen LogP contribution in [0, 0.1) is 23.7 Å². The lowest BCUT2D eigenvalue weighted by Gasteiger charge is -2.41. The van der Waals surface area contributed by atoms with Crippen LogP contribution in [0.1, 0.15) is 43.1 Å². The van der Waals surface area contributed by atoms with Crippen LogP contribution in [0.15, 0.2) is 24.3 Å². The maximum Gasteiger partial charge on any atom is 0.255 e. The molecule has 3 unspecified atom stereocenters. The first kappa shape index (κ1) is 15.6. The van der Waals surface area contributed by atoms with Crippen molar-refractivity contribution >= 4 is 5.91 Å². The molecule has 0 aromatic heterocycles. The first-order chi connectivity index (χ1) is 10.0.